The molecule has 0 saturated heterocycles. The fourth-order valence-corrected chi connectivity index (χ4v) is 4.04. The number of aromatic hydroxyl groups is 1. The van der Waals surface area contributed by atoms with E-state index in [9.17, 15) is 5.11 Å². The maximum Gasteiger partial charge on any atom is 0.227 e. The average molecular weight is 530 g/mol. The minimum Gasteiger partial charge on any atom is -0.504 e. The van der Waals surface area contributed by atoms with Crippen LogP contribution in [0.15, 0.2) is 60.8 Å². The fraction of sp³-hybridized carbons (Fsp3) is 0.130. The number of halogens is 2. The average Bonchev–Trinajstić information content (AvgIpc) is 3.15. The van der Waals surface area contributed by atoms with Gasteiger partial charge in [-0.3, -0.25) is 4.99 Å². The molecule has 7 heteroatoms. The van der Waals surface area contributed by atoms with E-state index in [-0.39, 0.29) is 5.75 Å². The van der Waals surface area contributed by atoms with Crippen molar-refractivity contribution < 1.29 is 14.3 Å². The summed E-state index contributed by atoms with van der Waals surface area (Å²) in [6.45, 7) is 4.07. The number of hydrogen-bond acceptors (Lipinski definition) is 5. The van der Waals surface area contributed by atoms with Gasteiger partial charge >= 0.3 is 0 Å². The Morgan fingerprint density at radius 3 is 2.53 bits per heavy atom. The number of ether oxygens (including phenoxy) is 1. The first-order chi connectivity index (χ1) is 14.4. The van der Waals surface area contributed by atoms with Crippen LogP contribution in [0.3, 0.4) is 0 Å². The third kappa shape index (κ3) is 3.87. The van der Waals surface area contributed by atoms with Crippen molar-refractivity contribution in [2.75, 3.05) is 7.11 Å². The first-order valence-corrected chi connectivity index (χ1v) is 10.7. The van der Waals surface area contributed by atoms with E-state index >= 15 is 0 Å². The van der Waals surface area contributed by atoms with Crippen molar-refractivity contribution in [2.45, 2.75) is 13.8 Å². The lowest BCUT2D eigenvalue weighted by Gasteiger charge is -2.09. The number of aromatic nitrogens is 1. The summed E-state index contributed by atoms with van der Waals surface area (Å²) in [5.41, 5.74) is 6.01. The first-order valence-electron chi connectivity index (χ1n) is 9.14. The molecule has 30 heavy (non-hydrogen) atoms. The van der Waals surface area contributed by atoms with Gasteiger partial charge in [-0.2, -0.15) is 0 Å². The minimum absolute atomic E-state index is 0.0186. The fourth-order valence-electron chi connectivity index (χ4n) is 3.21. The van der Waals surface area contributed by atoms with E-state index in [2.05, 4.69) is 47.9 Å². The van der Waals surface area contributed by atoms with Crippen molar-refractivity contribution in [3.8, 4) is 23.0 Å². The lowest BCUT2D eigenvalue weighted by molar-refractivity contribution is 0.372. The Morgan fingerprint density at radius 2 is 1.83 bits per heavy atom. The van der Waals surface area contributed by atoms with E-state index in [0.717, 1.165) is 38.0 Å². The number of benzene rings is 3. The van der Waals surface area contributed by atoms with Gasteiger partial charge in [0.05, 0.1) is 18.4 Å². The maximum atomic E-state index is 10.4. The van der Waals surface area contributed by atoms with Crippen LogP contribution in [0.4, 0.5) is 5.69 Å². The van der Waals surface area contributed by atoms with Gasteiger partial charge in [0.2, 0.25) is 5.89 Å². The summed E-state index contributed by atoms with van der Waals surface area (Å²) in [6.07, 6.45) is 1.59. The smallest absolute Gasteiger partial charge is 0.227 e. The summed E-state index contributed by atoms with van der Waals surface area (Å²) < 4.78 is 12.6. The van der Waals surface area contributed by atoms with Crippen molar-refractivity contribution in [1.29, 1.82) is 0 Å². The molecule has 1 heterocycles. The van der Waals surface area contributed by atoms with Crippen molar-refractivity contribution in [1.82, 2.24) is 4.98 Å². The molecule has 0 saturated carbocycles. The Labute approximate surface area is 190 Å². The number of phenols is 1. The molecule has 152 valence electrons. The van der Waals surface area contributed by atoms with Crippen LogP contribution in [-0.4, -0.2) is 23.4 Å². The number of aliphatic imine (C=N–C) groups is 1. The predicted octanol–water partition coefficient (Wildman–Crippen LogP) is 7.10. The number of nitrogens with zero attached hydrogens (tertiary/aromatic N) is 2. The number of hydrogen-bond donors (Lipinski definition) is 1. The second-order valence-corrected chi connectivity index (χ2v) is 8.54. The molecule has 0 spiro atoms. The van der Waals surface area contributed by atoms with Crippen LogP contribution in [0.2, 0.25) is 0 Å². The lowest BCUT2D eigenvalue weighted by atomic mass is 10.1. The molecule has 0 radical (unpaired) electrons. The number of rotatable bonds is 4. The van der Waals surface area contributed by atoms with Gasteiger partial charge in [0.25, 0.3) is 0 Å². The lowest BCUT2D eigenvalue weighted by Crippen LogP contribution is -1.91. The van der Waals surface area contributed by atoms with Gasteiger partial charge in [0.15, 0.2) is 17.1 Å². The zero-order valence-corrected chi connectivity index (χ0v) is 19.7. The van der Waals surface area contributed by atoms with E-state index in [0.29, 0.717) is 21.7 Å². The summed E-state index contributed by atoms with van der Waals surface area (Å²) in [5, 5.41) is 10.4. The largest absolute Gasteiger partial charge is 0.504 e. The third-order valence-electron chi connectivity index (χ3n) is 4.69. The molecule has 4 aromatic rings. The summed E-state index contributed by atoms with van der Waals surface area (Å²) in [4.78, 5) is 9.09. The SMILES string of the molecule is COc1cc(Br)c(Br)c(C=Nc2ccc(-c3nc4cc(C)cc(C)c4o3)cc2)c1O. The molecule has 0 atom stereocenters. The molecule has 0 fully saturated rings. The second kappa shape index (κ2) is 8.24. The zero-order chi connectivity index (χ0) is 21.4. The van der Waals surface area contributed by atoms with Crippen LogP contribution in [-0.2, 0) is 0 Å². The molecule has 5 nitrogen and oxygen atoms in total. The molecule has 0 aliphatic heterocycles. The van der Waals surface area contributed by atoms with Crippen molar-refractivity contribution in [3.63, 3.8) is 0 Å². The van der Waals surface area contributed by atoms with Crippen molar-refractivity contribution in [3.05, 3.63) is 68.1 Å². The number of fused-ring (bicyclic) bond motifs is 1. The molecule has 4 rings (SSSR count). The molecular formula is C23H18Br2N2O3. The van der Waals surface area contributed by atoms with Crippen LogP contribution < -0.4 is 4.74 Å². The predicted molar refractivity (Wildman–Crippen MR) is 126 cm³/mol. The van der Waals surface area contributed by atoms with Crippen LogP contribution in [0, 0.1) is 13.8 Å². The first kappa shape index (κ1) is 20.6. The Hall–Kier alpha value is -2.64. The highest BCUT2D eigenvalue weighted by Crippen LogP contribution is 2.39. The van der Waals surface area contributed by atoms with Gasteiger partial charge in [-0.1, -0.05) is 6.07 Å². The molecule has 1 aromatic heterocycles. The highest BCUT2D eigenvalue weighted by Gasteiger charge is 2.14. The third-order valence-corrected chi connectivity index (χ3v) is 6.70. The maximum absolute atomic E-state index is 10.4. The van der Waals surface area contributed by atoms with E-state index in [1.807, 2.05) is 44.2 Å². The van der Waals surface area contributed by atoms with E-state index in [1.165, 1.54) is 7.11 Å². The molecule has 3 aromatic carbocycles. The van der Waals surface area contributed by atoms with Gasteiger partial charge < -0.3 is 14.3 Å². The Balaban J connectivity index is 1.64. The molecular weight excluding hydrogens is 512 g/mol. The number of aryl methyl sites for hydroxylation is 2. The van der Waals surface area contributed by atoms with E-state index in [1.54, 1.807) is 12.3 Å². The summed E-state index contributed by atoms with van der Waals surface area (Å²) in [5.74, 6) is 0.958. The van der Waals surface area contributed by atoms with Crippen LogP contribution in [0.5, 0.6) is 11.5 Å². The quantitative estimate of drug-likeness (QED) is 0.286. The van der Waals surface area contributed by atoms with E-state index < -0.39 is 0 Å². The Bertz CT molecular complexity index is 1280. The monoisotopic (exact) mass is 528 g/mol. The standard InChI is InChI=1S/C23H18Br2N2O3/c1-12-8-13(2)22-18(9-12)27-23(30-22)14-4-6-15(7-5-14)26-11-16-20(25)17(24)10-19(29-3)21(16)28/h4-11,28H,1-3H3. The van der Waals surface area contributed by atoms with Gasteiger partial charge in [-0.05, 0) is 93.2 Å². The molecule has 0 aliphatic rings. The van der Waals surface area contributed by atoms with E-state index in [4.69, 9.17) is 9.15 Å². The normalized spacial score (nSPS) is 11.5. The number of methoxy groups -OCH3 is 1. The van der Waals surface area contributed by atoms with Gasteiger partial charge in [-0.25, -0.2) is 4.98 Å². The number of oxazole rings is 1. The van der Waals surface area contributed by atoms with Gasteiger partial charge in [0.1, 0.15) is 5.52 Å². The summed E-state index contributed by atoms with van der Waals surface area (Å²) in [7, 11) is 1.50. The van der Waals surface area contributed by atoms with Crippen LogP contribution >= 0.6 is 31.9 Å². The minimum atomic E-state index is 0.0186. The number of phenolic OH excluding ortho intramolecular Hbond substituents is 1. The highest BCUT2D eigenvalue weighted by atomic mass is 79.9. The van der Waals surface area contributed by atoms with Crippen LogP contribution in [0.25, 0.3) is 22.6 Å². The van der Waals surface area contributed by atoms with Gasteiger partial charge in [-0.15, -0.1) is 0 Å². The Morgan fingerprint density at radius 1 is 1.10 bits per heavy atom. The zero-order valence-electron chi connectivity index (χ0n) is 16.5. The summed E-state index contributed by atoms with van der Waals surface area (Å²) >= 11 is 6.90. The van der Waals surface area contributed by atoms with Crippen molar-refractivity contribution in [2.24, 2.45) is 4.99 Å². The highest BCUT2D eigenvalue weighted by molar-refractivity contribution is 9.13. The molecule has 1 N–H and O–H groups in total. The Kier molecular flexibility index (Phi) is 5.66. The van der Waals surface area contributed by atoms with Crippen molar-refractivity contribution >= 4 is 54.9 Å². The second-order valence-electron chi connectivity index (χ2n) is 6.89. The molecule has 0 unspecified atom stereocenters. The topological polar surface area (TPSA) is 67.9 Å². The molecule has 0 amide bonds. The van der Waals surface area contributed by atoms with Gasteiger partial charge in [0, 0.05) is 20.7 Å². The molecule has 0 aliphatic carbocycles. The van der Waals surface area contributed by atoms with Crippen LogP contribution in [0.1, 0.15) is 16.7 Å². The molecule has 0 bridgehead atoms. The summed E-state index contributed by atoms with van der Waals surface area (Å²) in [6, 6.07) is 13.4.